The van der Waals surface area contributed by atoms with Crippen molar-refractivity contribution in [2.45, 2.75) is 6.10 Å². The average Bonchev–Trinajstić information content (AvgIpc) is 2.14. The Hall–Kier alpha value is -1.76. The number of carbonyl (C=O) groups is 1. The first-order valence-electron chi connectivity index (χ1n) is 3.78. The van der Waals surface area contributed by atoms with Gasteiger partial charge in [0.1, 0.15) is 18.2 Å². The zero-order valence-electron chi connectivity index (χ0n) is 7.14. The Kier molecular flexibility index (Phi) is 3.29. The Labute approximate surface area is 79.0 Å². The molecule has 6 nitrogen and oxygen atoms in total. The number of primary amides is 1. The summed E-state index contributed by atoms with van der Waals surface area (Å²) in [5, 5.41) is 11.5. The standard InChI is InChI=1S/C7H9FN4O2/c8-5-1-6(12-3-11-5)10-2-4(13)7(9)14/h1,3-4,13H,2H2,(H2,9,14)(H,10,11,12). The highest BCUT2D eigenvalue weighted by Crippen LogP contribution is 2.01. The molecule has 0 bridgehead atoms. The molecule has 1 aromatic rings. The number of nitrogens with two attached hydrogens (primary N) is 1. The molecule has 0 radical (unpaired) electrons. The molecule has 0 saturated carbocycles. The quantitative estimate of drug-likeness (QED) is 0.534. The number of aliphatic hydroxyl groups excluding tert-OH is 1. The number of hydrogen-bond acceptors (Lipinski definition) is 5. The van der Waals surface area contributed by atoms with Gasteiger partial charge in [-0.05, 0) is 0 Å². The smallest absolute Gasteiger partial charge is 0.248 e. The van der Waals surface area contributed by atoms with E-state index in [4.69, 9.17) is 10.8 Å². The number of anilines is 1. The summed E-state index contributed by atoms with van der Waals surface area (Å²) in [6.07, 6.45) is -0.304. The second-order valence-electron chi connectivity index (χ2n) is 2.53. The van der Waals surface area contributed by atoms with Crippen LogP contribution >= 0.6 is 0 Å². The Morgan fingerprint density at radius 2 is 2.43 bits per heavy atom. The number of nitrogens with one attached hydrogen (secondary N) is 1. The summed E-state index contributed by atoms with van der Waals surface area (Å²) in [7, 11) is 0. The molecule has 1 heterocycles. The topological polar surface area (TPSA) is 101 Å². The first-order chi connectivity index (χ1) is 6.59. The molecule has 0 aliphatic rings. The number of rotatable bonds is 4. The Morgan fingerprint density at radius 3 is 3.00 bits per heavy atom. The molecule has 7 heteroatoms. The molecule has 76 valence electrons. The zero-order valence-corrected chi connectivity index (χ0v) is 7.14. The molecule has 0 aliphatic carbocycles. The van der Waals surface area contributed by atoms with Gasteiger partial charge in [-0.25, -0.2) is 9.97 Å². The van der Waals surface area contributed by atoms with Gasteiger partial charge in [-0.2, -0.15) is 4.39 Å². The molecule has 1 aromatic heterocycles. The van der Waals surface area contributed by atoms with Crippen molar-refractivity contribution in [1.29, 1.82) is 0 Å². The SMILES string of the molecule is NC(=O)C(O)CNc1cc(F)ncn1. The molecule has 0 spiro atoms. The van der Waals surface area contributed by atoms with Gasteiger partial charge in [0.2, 0.25) is 11.9 Å². The van der Waals surface area contributed by atoms with Gasteiger partial charge in [0.25, 0.3) is 0 Å². The highest BCUT2D eigenvalue weighted by molar-refractivity contribution is 5.79. The number of halogens is 1. The van der Waals surface area contributed by atoms with Gasteiger partial charge in [0.05, 0.1) is 6.54 Å². The zero-order chi connectivity index (χ0) is 10.6. The van der Waals surface area contributed by atoms with Crippen molar-refractivity contribution in [3.8, 4) is 0 Å². The van der Waals surface area contributed by atoms with Crippen LogP contribution in [0.1, 0.15) is 0 Å². The molecule has 1 atom stereocenters. The van der Waals surface area contributed by atoms with Crippen LogP contribution in [0.3, 0.4) is 0 Å². The molecule has 1 unspecified atom stereocenters. The van der Waals surface area contributed by atoms with Gasteiger partial charge in [-0.3, -0.25) is 4.79 Å². The summed E-state index contributed by atoms with van der Waals surface area (Å²) in [5.41, 5.74) is 4.79. The molecule has 0 saturated heterocycles. The molecule has 0 aromatic carbocycles. The van der Waals surface area contributed by atoms with Gasteiger partial charge in [0.15, 0.2) is 0 Å². The van der Waals surface area contributed by atoms with E-state index in [-0.39, 0.29) is 12.4 Å². The third kappa shape index (κ3) is 2.94. The predicted molar refractivity (Wildman–Crippen MR) is 45.7 cm³/mol. The van der Waals surface area contributed by atoms with Gasteiger partial charge in [-0.1, -0.05) is 0 Å². The molecule has 0 aliphatic heterocycles. The Balaban J connectivity index is 2.49. The van der Waals surface area contributed by atoms with E-state index in [9.17, 15) is 9.18 Å². The first-order valence-corrected chi connectivity index (χ1v) is 3.78. The maximum absolute atomic E-state index is 12.5. The summed E-state index contributed by atoms with van der Waals surface area (Å²) in [5.74, 6) is -1.37. The summed E-state index contributed by atoms with van der Waals surface area (Å²) in [4.78, 5) is 17.3. The van der Waals surface area contributed by atoms with E-state index in [1.165, 1.54) is 0 Å². The van der Waals surface area contributed by atoms with Crippen LogP contribution < -0.4 is 11.1 Å². The van der Waals surface area contributed by atoms with Crippen LogP contribution in [0.15, 0.2) is 12.4 Å². The number of carbonyl (C=O) groups excluding carboxylic acids is 1. The lowest BCUT2D eigenvalue weighted by Gasteiger charge is -2.07. The van der Waals surface area contributed by atoms with Gasteiger partial charge in [0, 0.05) is 6.07 Å². The normalized spacial score (nSPS) is 12.1. The second kappa shape index (κ2) is 4.47. The maximum Gasteiger partial charge on any atom is 0.248 e. The number of amides is 1. The highest BCUT2D eigenvalue weighted by Gasteiger charge is 2.10. The van der Waals surface area contributed by atoms with Crippen LogP contribution in [0.5, 0.6) is 0 Å². The molecular weight excluding hydrogens is 191 g/mol. The van der Waals surface area contributed by atoms with Gasteiger partial charge >= 0.3 is 0 Å². The molecule has 4 N–H and O–H groups in total. The lowest BCUT2D eigenvalue weighted by molar-refractivity contribution is -0.125. The fourth-order valence-electron chi connectivity index (χ4n) is 0.732. The van der Waals surface area contributed by atoms with E-state index in [1.807, 2.05) is 0 Å². The summed E-state index contributed by atoms with van der Waals surface area (Å²) in [6.45, 7) is -0.119. The van der Waals surface area contributed by atoms with E-state index in [1.54, 1.807) is 0 Å². The van der Waals surface area contributed by atoms with Crippen molar-refractivity contribution in [2.75, 3.05) is 11.9 Å². The Bertz CT molecular complexity index is 333. The van der Waals surface area contributed by atoms with Crippen molar-refractivity contribution in [2.24, 2.45) is 5.73 Å². The number of nitrogens with zero attached hydrogens (tertiary/aromatic N) is 2. The fourth-order valence-corrected chi connectivity index (χ4v) is 0.732. The lowest BCUT2D eigenvalue weighted by Crippen LogP contribution is -2.34. The second-order valence-corrected chi connectivity index (χ2v) is 2.53. The van der Waals surface area contributed by atoms with Crippen molar-refractivity contribution >= 4 is 11.7 Å². The van der Waals surface area contributed by atoms with Crippen molar-refractivity contribution in [3.63, 3.8) is 0 Å². The summed E-state index contributed by atoms with van der Waals surface area (Å²) < 4.78 is 12.5. The minimum Gasteiger partial charge on any atom is -0.381 e. The number of aliphatic hydroxyl groups is 1. The molecule has 14 heavy (non-hydrogen) atoms. The van der Waals surface area contributed by atoms with E-state index in [0.29, 0.717) is 0 Å². The van der Waals surface area contributed by atoms with Crippen LogP contribution in [0.2, 0.25) is 0 Å². The van der Waals surface area contributed by atoms with Crippen LogP contribution in [-0.4, -0.2) is 33.6 Å². The molecular formula is C7H9FN4O2. The Morgan fingerprint density at radius 1 is 1.71 bits per heavy atom. The van der Waals surface area contributed by atoms with E-state index in [2.05, 4.69) is 15.3 Å². The van der Waals surface area contributed by atoms with Crippen molar-refractivity contribution < 1.29 is 14.3 Å². The minimum atomic E-state index is -1.33. The van der Waals surface area contributed by atoms with E-state index >= 15 is 0 Å². The summed E-state index contributed by atoms with van der Waals surface area (Å²) in [6, 6.07) is 1.04. The van der Waals surface area contributed by atoms with E-state index < -0.39 is 18.0 Å². The van der Waals surface area contributed by atoms with E-state index in [0.717, 1.165) is 12.4 Å². The molecule has 1 rings (SSSR count). The number of hydrogen-bond donors (Lipinski definition) is 3. The molecule has 0 fully saturated rings. The first kappa shape index (κ1) is 10.3. The van der Waals surface area contributed by atoms with Crippen LogP contribution in [0.25, 0.3) is 0 Å². The van der Waals surface area contributed by atoms with Crippen LogP contribution in [-0.2, 0) is 4.79 Å². The minimum absolute atomic E-state index is 0.119. The monoisotopic (exact) mass is 200 g/mol. The maximum atomic E-state index is 12.5. The largest absolute Gasteiger partial charge is 0.381 e. The van der Waals surface area contributed by atoms with Crippen LogP contribution in [0, 0.1) is 5.95 Å². The van der Waals surface area contributed by atoms with Gasteiger partial charge < -0.3 is 16.2 Å². The third-order valence-electron chi connectivity index (χ3n) is 1.44. The van der Waals surface area contributed by atoms with Crippen molar-refractivity contribution in [1.82, 2.24) is 9.97 Å². The average molecular weight is 200 g/mol. The highest BCUT2D eigenvalue weighted by atomic mass is 19.1. The third-order valence-corrected chi connectivity index (χ3v) is 1.44. The lowest BCUT2D eigenvalue weighted by atomic mass is 10.3. The molecule has 1 amide bonds. The van der Waals surface area contributed by atoms with Gasteiger partial charge in [-0.15, -0.1) is 0 Å². The predicted octanol–water partition coefficient (Wildman–Crippen LogP) is -1.13. The fraction of sp³-hybridized carbons (Fsp3) is 0.286. The van der Waals surface area contributed by atoms with Crippen LogP contribution in [0.4, 0.5) is 10.2 Å². The number of aromatic nitrogens is 2. The summed E-state index contributed by atoms with van der Waals surface area (Å²) >= 11 is 0. The van der Waals surface area contributed by atoms with Crippen molar-refractivity contribution in [3.05, 3.63) is 18.3 Å².